The first-order chi connectivity index (χ1) is 8.56. The van der Waals surface area contributed by atoms with Crippen LogP contribution in [0.4, 0.5) is 5.82 Å². The third-order valence-corrected chi connectivity index (χ3v) is 3.36. The van der Waals surface area contributed by atoms with Gasteiger partial charge < -0.3 is 15.5 Å². The second-order valence-electron chi connectivity index (χ2n) is 4.33. The fraction of sp³-hybridized carbons (Fsp3) is 0.583. The van der Waals surface area contributed by atoms with E-state index in [0.717, 1.165) is 12.8 Å². The maximum atomic E-state index is 10.6. The van der Waals surface area contributed by atoms with E-state index in [4.69, 9.17) is 5.11 Å². The van der Waals surface area contributed by atoms with Crippen LogP contribution in [0.1, 0.15) is 37.2 Å². The molecule has 0 fully saturated rings. The quantitative estimate of drug-likeness (QED) is 0.679. The molecular weight excluding hydrogens is 234 g/mol. The van der Waals surface area contributed by atoms with Crippen LogP contribution in [0.5, 0.6) is 0 Å². The number of carbonyl (C=O) groups is 1. The molecule has 0 amide bonds. The van der Waals surface area contributed by atoms with Gasteiger partial charge in [0, 0.05) is 12.0 Å². The molecule has 1 aromatic rings. The minimum atomic E-state index is -1.10. The van der Waals surface area contributed by atoms with Crippen molar-refractivity contribution >= 4 is 11.8 Å². The van der Waals surface area contributed by atoms with Gasteiger partial charge in [-0.3, -0.25) is 0 Å². The molecule has 1 heterocycles. The SMILES string of the molecule is CCC(CC)(CO)CNc1ccc(C(=O)O)nn1. The molecule has 3 N–H and O–H groups in total. The first-order valence-corrected chi connectivity index (χ1v) is 5.98. The normalized spacial score (nSPS) is 11.3. The summed E-state index contributed by atoms with van der Waals surface area (Å²) in [6, 6.07) is 2.97. The Labute approximate surface area is 106 Å². The van der Waals surface area contributed by atoms with Crippen molar-refractivity contribution in [2.45, 2.75) is 26.7 Å². The highest BCUT2D eigenvalue weighted by Crippen LogP contribution is 2.25. The Bertz CT molecular complexity index is 380. The van der Waals surface area contributed by atoms with Crippen molar-refractivity contribution in [2.75, 3.05) is 18.5 Å². The van der Waals surface area contributed by atoms with E-state index in [1.807, 2.05) is 13.8 Å². The molecule has 6 nitrogen and oxygen atoms in total. The summed E-state index contributed by atoms with van der Waals surface area (Å²) < 4.78 is 0. The second-order valence-corrected chi connectivity index (χ2v) is 4.33. The van der Waals surface area contributed by atoms with E-state index in [2.05, 4.69) is 15.5 Å². The first-order valence-electron chi connectivity index (χ1n) is 5.98. The summed E-state index contributed by atoms with van der Waals surface area (Å²) in [5.41, 5.74) is -0.257. The van der Waals surface area contributed by atoms with Crippen molar-refractivity contribution in [3.63, 3.8) is 0 Å². The van der Waals surface area contributed by atoms with Gasteiger partial charge in [-0.05, 0) is 25.0 Å². The Morgan fingerprint density at radius 1 is 1.33 bits per heavy atom. The van der Waals surface area contributed by atoms with Gasteiger partial charge >= 0.3 is 5.97 Å². The van der Waals surface area contributed by atoms with Crippen LogP contribution >= 0.6 is 0 Å². The molecular formula is C12H19N3O3. The molecule has 0 radical (unpaired) electrons. The van der Waals surface area contributed by atoms with Gasteiger partial charge in [0.05, 0.1) is 6.61 Å². The zero-order chi connectivity index (χ0) is 13.6. The molecule has 6 heteroatoms. The fourth-order valence-electron chi connectivity index (χ4n) is 1.60. The second kappa shape index (κ2) is 6.30. The van der Waals surface area contributed by atoms with Gasteiger partial charge in [-0.15, -0.1) is 10.2 Å². The highest BCUT2D eigenvalue weighted by molar-refractivity contribution is 5.85. The maximum Gasteiger partial charge on any atom is 0.356 e. The van der Waals surface area contributed by atoms with Crippen molar-refractivity contribution in [3.8, 4) is 0 Å². The maximum absolute atomic E-state index is 10.6. The number of aliphatic hydroxyl groups excluding tert-OH is 1. The molecule has 0 spiro atoms. The van der Waals surface area contributed by atoms with Crippen LogP contribution in [-0.4, -0.2) is 39.5 Å². The number of aromatic nitrogens is 2. The molecule has 0 unspecified atom stereocenters. The Morgan fingerprint density at radius 2 is 2.00 bits per heavy atom. The number of carboxylic acid groups (broad SMARTS) is 1. The number of hydrogen-bond acceptors (Lipinski definition) is 5. The largest absolute Gasteiger partial charge is 0.476 e. The van der Waals surface area contributed by atoms with E-state index in [9.17, 15) is 9.90 Å². The van der Waals surface area contributed by atoms with Gasteiger partial charge in [-0.1, -0.05) is 13.8 Å². The van der Waals surface area contributed by atoms with Crippen molar-refractivity contribution in [2.24, 2.45) is 5.41 Å². The van der Waals surface area contributed by atoms with Crippen molar-refractivity contribution in [1.29, 1.82) is 0 Å². The molecule has 0 aliphatic carbocycles. The Morgan fingerprint density at radius 3 is 2.39 bits per heavy atom. The Kier molecular flexibility index (Phi) is 5.03. The summed E-state index contributed by atoms with van der Waals surface area (Å²) in [6.07, 6.45) is 1.71. The number of rotatable bonds is 7. The Balaban J connectivity index is 2.65. The molecule has 0 aromatic carbocycles. The van der Waals surface area contributed by atoms with E-state index >= 15 is 0 Å². The summed E-state index contributed by atoms with van der Waals surface area (Å²) in [6.45, 7) is 4.74. The van der Waals surface area contributed by atoms with E-state index in [-0.39, 0.29) is 17.7 Å². The molecule has 100 valence electrons. The predicted octanol–water partition coefficient (Wildman–Crippen LogP) is 1.39. The average molecular weight is 253 g/mol. The lowest BCUT2D eigenvalue weighted by Crippen LogP contribution is -2.32. The topological polar surface area (TPSA) is 95.3 Å². The van der Waals surface area contributed by atoms with Crippen molar-refractivity contribution < 1.29 is 15.0 Å². The number of nitrogens with zero attached hydrogens (tertiary/aromatic N) is 2. The number of aliphatic hydroxyl groups is 1. The summed E-state index contributed by atoms with van der Waals surface area (Å²) in [4.78, 5) is 10.6. The monoisotopic (exact) mass is 253 g/mol. The van der Waals surface area contributed by atoms with E-state index in [0.29, 0.717) is 12.4 Å². The molecule has 0 aliphatic rings. The molecule has 1 rings (SSSR count). The summed E-state index contributed by atoms with van der Waals surface area (Å²) >= 11 is 0. The third-order valence-electron chi connectivity index (χ3n) is 3.36. The molecule has 18 heavy (non-hydrogen) atoms. The van der Waals surface area contributed by atoms with Crippen LogP contribution in [0.3, 0.4) is 0 Å². The van der Waals surface area contributed by atoms with Gasteiger partial charge in [0.25, 0.3) is 0 Å². The first kappa shape index (κ1) is 14.4. The van der Waals surface area contributed by atoms with E-state index in [1.54, 1.807) is 6.07 Å². The van der Waals surface area contributed by atoms with Crippen LogP contribution in [-0.2, 0) is 0 Å². The number of carboxylic acids is 1. The van der Waals surface area contributed by atoms with Crippen LogP contribution in [0.2, 0.25) is 0 Å². The van der Waals surface area contributed by atoms with E-state index in [1.165, 1.54) is 6.07 Å². The fourth-order valence-corrected chi connectivity index (χ4v) is 1.60. The van der Waals surface area contributed by atoms with Gasteiger partial charge in [0.2, 0.25) is 0 Å². The van der Waals surface area contributed by atoms with Gasteiger partial charge in [0.1, 0.15) is 5.82 Å². The lowest BCUT2D eigenvalue weighted by atomic mass is 9.83. The van der Waals surface area contributed by atoms with Crippen LogP contribution in [0.25, 0.3) is 0 Å². The number of anilines is 1. The molecule has 0 atom stereocenters. The predicted molar refractivity (Wildman–Crippen MR) is 67.6 cm³/mol. The standard InChI is InChI=1S/C12H19N3O3/c1-3-12(4-2,8-16)7-13-10-6-5-9(11(17)18)14-15-10/h5-6,16H,3-4,7-8H2,1-2H3,(H,13,15)(H,17,18). The molecule has 0 saturated carbocycles. The van der Waals surface area contributed by atoms with Crippen LogP contribution in [0.15, 0.2) is 12.1 Å². The number of nitrogens with one attached hydrogen (secondary N) is 1. The number of hydrogen-bond donors (Lipinski definition) is 3. The highest BCUT2D eigenvalue weighted by Gasteiger charge is 2.25. The van der Waals surface area contributed by atoms with E-state index < -0.39 is 5.97 Å². The smallest absolute Gasteiger partial charge is 0.356 e. The summed E-state index contributed by atoms with van der Waals surface area (Å²) in [5, 5.41) is 28.6. The highest BCUT2D eigenvalue weighted by atomic mass is 16.4. The zero-order valence-electron chi connectivity index (χ0n) is 10.7. The summed E-state index contributed by atoms with van der Waals surface area (Å²) in [5.74, 6) is -0.583. The Hall–Kier alpha value is -1.69. The van der Waals surface area contributed by atoms with Gasteiger partial charge in [-0.2, -0.15) is 0 Å². The van der Waals surface area contributed by atoms with Gasteiger partial charge in [0.15, 0.2) is 5.69 Å². The zero-order valence-corrected chi connectivity index (χ0v) is 10.7. The van der Waals surface area contributed by atoms with Crippen molar-refractivity contribution in [3.05, 3.63) is 17.8 Å². The molecule has 0 saturated heterocycles. The molecule has 0 bridgehead atoms. The van der Waals surface area contributed by atoms with Crippen LogP contribution in [0, 0.1) is 5.41 Å². The van der Waals surface area contributed by atoms with Crippen LogP contribution < -0.4 is 5.32 Å². The molecule has 0 aliphatic heterocycles. The minimum absolute atomic E-state index is 0.0834. The van der Waals surface area contributed by atoms with Crippen molar-refractivity contribution in [1.82, 2.24) is 10.2 Å². The minimum Gasteiger partial charge on any atom is -0.476 e. The molecule has 1 aromatic heterocycles. The lowest BCUT2D eigenvalue weighted by Gasteiger charge is -2.29. The average Bonchev–Trinajstić information content (AvgIpc) is 2.41. The third kappa shape index (κ3) is 3.40. The lowest BCUT2D eigenvalue weighted by molar-refractivity contribution is 0.0689. The summed E-state index contributed by atoms with van der Waals surface area (Å²) in [7, 11) is 0. The number of aromatic carboxylic acids is 1. The van der Waals surface area contributed by atoms with Gasteiger partial charge in [-0.25, -0.2) is 4.79 Å².